The first-order valence-electron chi connectivity index (χ1n) is 10.6. The van der Waals surface area contributed by atoms with Gasteiger partial charge >= 0.3 is 0 Å². The highest BCUT2D eigenvalue weighted by Gasteiger charge is 2.44. The molecule has 4 rings (SSSR count). The molecule has 0 bridgehead atoms. The van der Waals surface area contributed by atoms with E-state index in [4.69, 9.17) is 5.73 Å². The number of Topliss-reactive ketones (excluding diaryl/α,β-unsaturated/α-hetero) is 1. The Morgan fingerprint density at radius 3 is 2.41 bits per heavy atom. The zero-order chi connectivity index (χ0) is 23.0. The minimum Gasteiger partial charge on any atom is -0.383 e. The zero-order valence-corrected chi connectivity index (χ0v) is 18.5. The number of nitrogens with one attached hydrogen (secondary N) is 1. The lowest BCUT2D eigenvalue weighted by Crippen LogP contribution is -2.49. The highest BCUT2D eigenvalue weighted by Crippen LogP contribution is 2.48. The average Bonchev–Trinajstić information content (AvgIpc) is 2.76. The van der Waals surface area contributed by atoms with Gasteiger partial charge in [-0.15, -0.1) is 0 Å². The summed E-state index contributed by atoms with van der Waals surface area (Å²) in [6, 6.07) is 18.8. The van der Waals surface area contributed by atoms with Gasteiger partial charge in [-0.25, -0.2) is 5.01 Å². The number of benzene rings is 2. The van der Waals surface area contributed by atoms with Gasteiger partial charge in [-0.05, 0) is 36.5 Å². The summed E-state index contributed by atoms with van der Waals surface area (Å²) in [5, 5.41) is 11.5. The Morgan fingerprint density at radius 1 is 1.12 bits per heavy atom. The summed E-state index contributed by atoms with van der Waals surface area (Å²) >= 11 is 0. The van der Waals surface area contributed by atoms with E-state index in [9.17, 15) is 14.9 Å². The number of allylic oxidation sites excluding steroid dienone is 3. The number of ketones is 1. The molecule has 2 aromatic rings. The van der Waals surface area contributed by atoms with E-state index in [2.05, 4.69) is 11.5 Å². The van der Waals surface area contributed by atoms with E-state index in [0.29, 0.717) is 29.7 Å². The molecule has 0 saturated carbocycles. The van der Waals surface area contributed by atoms with Gasteiger partial charge in [0.25, 0.3) is 5.91 Å². The van der Waals surface area contributed by atoms with Crippen LogP contribution < -0.4 is 11.2 Å². The van der Waals surface area contributed by atoms with E-state index in [0.717, 1.165) is 11.1 Å². The molecule has 3 N–H and O–H groups in total. The van der Waals surface area contributed by atoms with E-state index in [1.165, 1.54) is 5.01 Å². The van der Waals surface area contributed by atoms with Crippen molar-refractivity contribution in [1.82, 2.24) is 10.4 Å². The van der Waals surface area contributed by atoms with Crippen LogP contribution in [0, 0.1) is 23.7 Å². The van der Waals surface area contributed by atoms with Crippen molar-refractivity contribution in [2.24, 2.45) is 11.1 Å². The molecule has 1 amide bonds. The molecule has 0 radical (unpaired) electrons. The van der Waals surface area contributed by atoms with Gasteiger partial charge in [0.2, 0.25) is 0 Å². The second-order valence-corrected chi connectivity index (χ2v) is 9.20. The highest BCUT2D eigenvalue weighted by molar-refractivity contribution is 6.00. The van der Waals surface area contributed by atoms with E-state index in [-0.39, 0.29) is 28.5 Å². The van der Waals surface area contributed by atoms with Gasteiger partial charge in [-0.2, -0.15) is 5.26 Å². The molecule has 6 heteroatoms. The van der Waals surface area contributed by atoms with Gasteiger partial charge in [0.15, 0.2) is 5.78 Å². The van der Waals surface area contributed by atoms with Crippen molar-refractivity contribution in [1.29, 1.82) is 5.26 Å². The van der Waals surface area contributed by atoms with Crippen LogP contribution in [0.25, 0.3) is 0 Å². The van der Waals surface area contributed by atoms with Crippen LogP contribution in [-0.4, -0.2) is 16.7 Å². The maximum absolute atomic E-state index is 13.4. The SMILES string of the molecule is Cc1ccc(C2C(C#N)=C(N)N(NC(=O)c3ccccc3)C3=C2C(=O)CC(C)(C)C3)cc1. The largest absolute Gasteiger partial charge is 0.383 e. The van der Waals surface area contributed by atoms with Gasteiger partial charge in [-0.1, -0.05) is 61.9 Å². The summed E-state index contributed by atoms with van der Waals surface area (Å²) in [4.78, 5) is 26.3. The molecule has 0 spiro atoms. The first-order valence-corrected chi connectivity index (χ1v) is 10.6. The molecule has 1 aliphatic heterocycles. The molecule has 1 heterocycles. The molecule has 2 aromatic carbocycles. The Balaban J connectivity index is 1.86. The Kier molecular flexibility index (Phi) is 5.35. The van der Waals surface area contributed by atoms with Gasteiger partial charge in [0.05, 0.1) is 23.3 Å². The maximum Gasteiger partial charge on any atom is 0.270 e. The predicted octanol–water partition coefficient (Wildman–Crippen LogP) is 4.08. The van der Waals surface area contributed by atoms with Crippen molar-refractivity contribution in [2.75, 3.05) is 0 Å². The number of nitrogens with two attached hydrogens (primary N) is 1. The van der Waals surface area contributed by atoms with Crippen molar-refractivity contribution >= 4 is 11.7 Å². The fourth-order valence-corrected chi connectivity index (χ4v) is 4.48. The van der Waals surface area contributed by atoms with Crippen molar-refractivity contribution < 1.29 is 9.59 Å². The summed E-state index contributed by atoms with van der Waals surface area (Å²) in [6.45, 7) is 6.03. The number of aryl methyl sites for hydroxylation is 1. The smallest absolute Gasteiger partial charge is 0.270 e. The number of rotatable bonds is 3. The third kappa shape index (κ3) is 3.78. The number of nitrogens with zero attached hydrogens (tertiary/aromatic N) is 2. The van der Waals surface area contributed by atoms with Crippen LogP contribution in [0.4, 0.5) is 0 Å². The van der Waals surface area contributed by atoms with Crippen molar-refractivity contribution in [3.05, 3.63) is 94.0 Å². The summed E-state index contributed by atoms with van der Waals surface area (Å²) < 4.78 is 0. The monoisotopic (exact) mass is 426 g/mol. The Hall–Kier alpha value is -3.85. The van der Waals surface area contributed by atoms with E-state index in [1.807, 2.05) is 51.1 Å². The number of nitriles is 1. The molecule has 0 saturated heterocycles. The number of carbonyl (C=O) groups excluding carboxylic acids is 2. The number of hydrogen-bond donors (Lipinski definition) is 2. The number of hydrazine groups is 1. The van der Waals surface area contributed by atoms with Gasteiger partial charge in [-0.3, -0.25) is 15.0 Å². The number of hydrogen-bond acceptors (Lipinski definition) is 5. The minimum atomic E-state index is -0.552. The fourth-order valence-electron chi connectivity index (χ4n) is 4.48. The second-order valence-electron chi connectivity index (χ2n) is 9.20. The molecule has 1 unspecified atom stereocenters. The summed E-state index contributed by atoms with van der Waals surface area (Å²) in [5.74, 6) is -0.793. The van der Waals surface area contributed by atoms with E-state index >= 15 is 0 Å². The molecule has 0 aromatic heterocycles. The van der Waals surface area contributed by atoms with Crippen LogP contribution >= 0.6 is 0 Å². The Morgan fingerprint density at radius 2 is 1.78 bits per heavy atom. The second kappa shape index (κ2) is 8.01. The molecule has 1 aliphatic carbocycles. The first-order chi connectivity index (χ1) is 15.2. The third-order valence-corrected chi connectivity index (χ3v) is 6.04. The third-order valence-electron chi connectivity index (χ3n) is 6.04. The van der Waals surface area contributed by atoms with Gasteiger partial charge in [0.1, 0.15) is 5.82 Å². The quantitative estimate of drug-likeness (QED) is 0.771. The Labute approximate surface area is 188 Å². The Bertz CT molecular complexity index is 1180. The van der Waals surface area contributed by atoms with E-state index < -0.39 is 5.92 Å². The summed E-state index contributed by atoms with van der Waals surface area (Å²) in [7, 11) is 0. The summed E-state index contributed by atoms with van der Waals surface area (Å²) in [5.41, 5.74) is 12.8. The summed E-state index contributed by atoms with van der Waals surface area (Å²) in [6.07, 6.45) is 0.915. The molecule has 2 aliphatic rings. The van der Waals surface area contributed by atoms with Crippen molar-refractivity contribution in [3.63, 3.8) is 0 Å². The average molecular weight is 427 g/mol. The molecule has 1 atom stereocenters. The molecule has 0 fully saturated rings. The fraction of sp³-hybridized carbons (Fsp3) is 0.269. The van der Waals surface area contributed by atoms with Crippen molar-refractivity contribution in [2.45, 2.75) is 39.5 Å². The zero-order valence-electron chi connectivity index (χ0n) is 18.5. The predicted molar refractivity (Wildman–Crippen MR) is 122 cm³/mol. The number of carbonyl (C=O) groups is 2. The minimum absolute atomic E-state index is 0.0268. The normalized spacial score (nSPS) is 20.0. The molecule has 162 valence electrons. The lowest BCUT2D eigenvalue weighted by Gasteiger charge is -2.43. The van der Waals surface area contributed by atoms with Crippen LogP contribution in [0.5, 0.6) is 0 Å². The molecular weight excluding hydrogens is 400 g/mol. The lowest BCUT2D eigenvalue weighted by atomic mass is 9.69. The van der Waals surface area contributed by atoms with Crippen LogP contribution in [0.15, 0.2) is 77.3 Å². The standard InChI is InChI=1S/C26H26N4O2/c1-16-9-11-17(12-10-16)22-19(15-27)24(28)30(29-25(32)18-7-5-4-6-8-18)20-13-26(2,3)14-21(31)23(20)22/h4-12,22H,13-14,28H2,1-3H3,(H,29,32). The van der Waals surface area contributed by atoms with Gasteiger partial charge < -0.3 is 5.73 Å². The van der Waals surface area contributed by atoms with E-state index in [1.54, 1.807) is 24.3 Å². The number of amides is 1. The lowest BCUT2D eigenvalue weighted by molar-refractivity contribution is -0.118. The van der Waals surface area contributed by atoms with Gasteiger partial charge in [0, 0.05) is 17.6 Å². The van der Waals surface area contributed by atoms with Crippen LogP contribution in [0.1, 0.15) is 54.1 Å². The first kappa shape index (κ1) is 21.4. The van der Waals surface area contributed by atoms with Crippen LogP contribution in [0.2, 0.25) is 0 Å². The molecular formula is C26H26N4O2. The topological polar surface area (TPSA) is 99.2 Å². The molecule has 32 heavy (non-hydrogen) atoms. The molecule has 6 nitrogen and oxygen atoms in total. The van der Waals surface area contributed by atoms with Crippen LogP contribution in [0.3, 0.4) is 0 Å². The maximum atomic E-state index is 13.4. The highest BCUT2D eigenvalue weighted by atomic mass is 16.2. The van der Waals surface area contributed by atoms with Crippen molar-refractivity contribution in [3.8, 4) is 6.07 Å². The van der Waals surface area contributed by atoms with Crippen LogP contribution in [-0.2, 0) is 4.79 Å².